The second-order valence-corrected chi connectivity index (χ2v) is 6.78. The van der Waals surface area contributed by atoms with E-state index in [2.05, 4.69) is 10.6 Å². The van der Waals surface area contributed by atoms with Crippen LogP contribution in [0.1, 0.15) is 45.6 Å². The van der Waals surface area contributed by atoms with Gasteiger partial charge < -0.3 is 15.7 Å². The summed E-state index contributed by atoms with van der Waals surface area (Å²) in [6.45, 7) is 5.56. The third kappa shape index (κ3) is 8.31. The highest BCUT2D eigenvalue weighted by molar-refractivity contribution is 5.84. The molecule has 1 aromatic rings. The molecule has 6 heteroatoms. The van der Waals surface area contributed by atoms with E-state index in [1.165, 1.54) is 0 Å². The molecule has 0 aliphatic carbocycles. The van der Waals surface area contributed by atoms with Crippen LogP contribution in [0.4, 0.5) is 0 Å². The van der Waals surface area contributed by atoms with Crippen LogP contribution in [0.3, 0.4) is 0 Å². The Morgan fingerprint density at radius 3 is 2.21 bits per heavy atom. The van der Waals surface area contributed by atoms with E-state index in [-0.39, 0.29) is 36.6 Å². The molecule has 0 saturated carbocycles. The van der Waals surface area contributed by atoms with Crippen molar-refractivity contribution < 1.29 is 19.5 Å². The van der Waals surface area contributed by atoms with Crippen LogP contribution in [-0.4, -0.2) is 34.5 Å². The van der Waals surface area contributed by atoms with Gasteiger partial charge >= 0.3 is 5.97 Å². The van der Waals surface area contributed by atoms with Crippen molar-refractivity contribution in [2.75, 3.05) is 0 Å². The molecule has 1 atom stereocenters. The molecule has 0 bridgehead atoms. The first-order valence-corrected chi connectivity index (χ1v) is 8.04. The summed E-state index contributed by atoms with van der Waals surface area (Å²) < 4.78 is 0. The number of benzene rings is 1. The Bertz CT molecular complexity index is 564. The number of amides is 2. The fraction of sp³-hybridized carbons (Fsp3) is 0.500. The lowest BCUT2D eigenvalue weighted by Crippen LogP contribution is -2.44. The quantitative estimate of drug-likeness (QED) is 0.676. The van der Waals surface area contributed by atoms with Crippen LogP contribution >= 0.6 is 0 Å². The molecule has 24 heavy (non-hydrogen) atoms. The summed E-state index contributed by atoms with van der Waals surface area (Å²) in [7, 11) is 0. The zero-order chi connectivity index (χ0) is 18.2. The summed E-state index contributed by atoms with van der Waals surface area (Å²) in [6, 6.07) is 8.45. The molecule has 0 spiro atoms. The van der Waals surface area contributed by atoms with E-state index in [0.717, 1.165) is 5.56 Å². The summed E-state index contributed by atoms with van der Waals surface area (Å²) in [5.41, 5.74) is 0.651. The first-order valence-electron chi connectivity index (χ1n) is 8.04. The molecule has 1 aromatic carbocycles. The predicted molar refractivity (Wildman–Crippen MR) is 91.5 cm³/mol. The van der Waals surface area contributed by atoms with E-state index < -0.39 is 12.0 Å². The van der Waals surface area contributed by atoms with Gasteiger partial charge in [-0.15, -0.1) is 0 Å². The van der Waals surface area contributed by atoms with Gasteiger partial charge in [-0.1, -0.05) is 30.3 Å². The Labute approximate surface area is 142 Å². The molecule has 0 unspecified atom stereocenters. The van der Waals surface area contributed by atoms with Gasteiger partial charge in [-0.2, -0.15) is 0 Å². The Morgan fingerprint density at radius 2 is 1.67 bits per heavy atom. The lowest BCUT2D eigenvalue weighted by molar-refractivity contribution is -0.142. The minimum absolute atomic E-state index is 0.0488. The molecule has 3 N–H and O–H groups in total. The average Bonchev–Trinajstić information content (AvgIpc) is 2.48. The fourth-order valence-electron chi connectivity index (χ4n) is 2.18. The summed E-state index contributed by atoms with van der Waals surface area (Å²) in [4.78, 5) is 35.0. The number of carboxylic acids is 1. The van der Waals surface area contributed by atoms with E-state index in [0.29, 0.717) is 6.42 Å². The normalized spacial score (nSPS) is 12.3. The molecule has 0 fully saturated rings. The number of carbonyl (C=O) groups is 3. The Kier molecular flexibility index (Phi) is 7.42. The number of hydrogen-bond acceptors (Lipinski definition) is 3. The Morgan fingerprint density at radius 1 is 1.04 bits per heavy atom. The van der Waals surface area contributed by atoms with Crippen molar-refractivity contribution in [1.82, 2.24) is 10.6 Å². The van der Waals surface area contributed by atoms with Gasteiger partial charge in [0.25, 0.3) is 0 Å². The number of aryl methyl sites for hydroxylation is 1. The molecule has 0 heterocycles. The molecule has 132 valence electrons. The highest BCUT2D eigenvalue weighted by Gasteiger charge is 2.22. The lowest BCUT2D eigenvalue weighted by Gasteiger charge is -2.21. The van der Waals surface area contributed by atoms with Crippen LogP contribution < -0.4 is 10.6 Å². The topological polar surface area (TPSA) is 95.5 Å². The van der Waals surface area contributed by atoms with Gasteiger partial charge in [0.15, 0.2) is 0 Å². The molecule has 1 rings (SSSR count). The minimum atomic E-state index is -1.13. The van der Waals surface area contributed by atoms with E-state index in [4.69, 9.17) is 0 Å². The van der Waals surface area contributed by atoms with Crippen LogP contribution in [-0.2, 0) is 20.8 Å². The van der Waals surface area contributed by atoms with Crippen LogP contribution in [0.2, 0.25) is 0 Å². The summed E-state index contributed by atoms with van der Waals surface area (Å²) in [5.74, 6) is -1.69. The van der Waals surface area contributed by atoms with Crippen LogP contribution in [0.15, 0.2) is 30.3 Å². The van der Waals surface area contributed by atoms with Crippen molar-refractivity contribution in [1.29, 1.82) is 0 Å². The van der Waals surface area contributed by atoms with Gasteiger partial charge in [0, 0.05) is 18.4 Å². The molecule has 0 aliphatic rings. The van der Waals surface area contributed by atoms with Gasteiger partial charge in [0.2, 0.25) is 11.8 Å². The predicted octanol–water partition coefficient (Wildman–Crippen LogP) is 1.88. The van der Waals surface area contributed by atoms with Crippen molar-refractivity contribution in [2.45, 2.75) is 58.0 Å². The third-order valence-electron chi connectivity index (χ3n) is 3.29. The molecule has 2 amide bonds. The monoisotopic (exact) mass is 334 g/mol. The smallest absolute Gasteiger partial charge is 0.326 e. The molecule has 0 radical (unpaired) electrons. The van der Waals surface area contributed by atoms with Gasteiger partial charge in [-0.05, 0) is 39.2 Å². The number of nitrogens with one attached hydrogen (secondary N) is 2. The van der Waals surface area contributed by atoms with Crippen molar-refractivity contribution in [3.8, 4) is 0 Å². The van der Waals surface area contributed by atoms with E-state index in [1.807, 2.05) is 51.1 Å². The van der Waals surface area contributed by atoms with Crippen molar-refractivity contribution >= 4 is 17.8 Å². The molecule has 0 aromatic heterocycles. The molecule has 6 nitrogen and oxygen atoms in total. The first-order chi connectivity index (χ1) is 11.2. The number of aliphatic carboxylic acids is 1. The number of carbonyl (C=O) groups excluding carboxylic acids is 2. The summed E-state index contributed by atoms with van der Waals surface area (Å²) in [5, 5.41) is 14.5. The zero-order valence-electron chi connectivity index (χ0n) is 14.5. The van der Waals surface area contributed by atoms with Gasteiger partial charge in [-0.3, -0.25) is 9.59 Å². The lowest BCUT2D eigenvalue weighted by atomic mass is 10.1. The minimum Gasteiger partial charge on any atom is -0.480 e. The maximum atomic E-state index is 11.9. The Balaban J connectivity index is 2.43. The second kappa shape index (κ2) is 9.05. The Hall–Kier alpha value is -2.37. The van der Waals surface area contributed by atoms with Crippen molar-refractivity contribution in [3.63, 3.8) is 0 Å². The summed E-state index contributed by atoms with van der Waals surface area (Å²) in [6.07, 6.45) is 0.868. The largest absolute Gasteiger partial charge is 0.480 e. The first kappa shape index (κ1) is 19.7. The highest BCUT2D eigenvalue weighted by Crippen LogP contribution is 2.05. The third-order valence-corrected chi connectivity index (χ3v) is 3.29. The molecular formula is C18H26N2O4. The van der Waals surface area contributed by atoms with Crippen LogP contribution in [0, 0.1) is 0 Å². The van der Waals surface area contributed by atoms with Gasteiger partial charge in [0.05, 0.1) is 0 Å². The molecular weight excluding hydrogens is 308 g/mol. The maximum absolute atomic E-state index is 11.9. The highest BCUT2D eigenvalue weighted by atomic mass is 16.4. The van der Waals surface area contributed by atoms with Gasteiger partial charge in [0.1, 0.15) is 6.04 Å². The standard InChI is InChI=1S/C18H26N2O4/c1-18(2,3)20-16(22)12-10-14(17(23)24)19-15(21)11-9-13-7-5-4-6-8-13/h4-8,14H,9-12H2,1-3H3,(H,19,21)(H,20,22)(H,23,24)/t14-/m0/s1. The van der Waals surface area contributed by atoms with Crippen LogP contribution in [0.5, 0.6) is 0 Å². The maximum Gasteiger partial charge on any atom is 0.326 e. The SMILES string of the molecule is CC(C)(C)NC(=O)CC[C@H](NC(=O)CCc1ccccc1)C(=O)O. The van der Waals surface area contributed by atoms with E-state index in [1.54, 1.807) is 0 Å². The molecule has 0 aliphatic heterocycles. The van der Waals surface area contributed by atoms with Crippen LogP contribution in [0.25, 0.3) is 0 Å². The fourth-order valence-corrected chi connectivity index (χ4v) is 2.18. The number of carboxylic acid groups (broad SMARTS) is 1. The van der Waals surface area contributed by atoms with Gasteiger partial charge in [-0.25, -0.2) is 4.79 Å². The van der Waals surface area contributed by atoms with Crippen molar-refractivity contribution in [2.24, 2.45) is 0 Å². The molecule has 0 saturated heterocycles. The average molecular weight is 334 g/mol. The zero-order valence-corrected chi connectivity index (χ0v) is 14.5. The number of rotatable bonds is 8. The van der Waals surface area contributed by atoms with E-state index >= 15 is 0 Å². The summed E-state index contributed by atoms with van der Waals surface area (Å²) >= 11 is 0. The van der Waals surface area contributed by atoms with Crippen molar-refractivity contribution in [3.05, 3.63) is 35.9 Å². The number of hydrogen-bond donors (Lipinski definition) is 3. The second-order valence-electron chi connectivity index (χ2n) is 6.78. The van der Waals surface area contributed by atoms with E-state index in [9.17, 15) is 19.5 Å².